The van der Waals surface area contributed by atoms with Crippen LogP contribution in [0.3, 0.4) is 0 Å². The van der Waals surface area contributed by atoms with E-state index in [0.29, 0.717) is 10.6 Å². The van der Waals surface area contributed by atoms with Gasteiger partial charge in [-0.2, -0.15) is 5.26 Å². The number of hydrogen-bond acceptors (Lipinski definition) is 2. The van der Waals surface area contributed by atoms with Crippen molar-refractivity contribution in [2.45, 2.75) is 13.0 Å². The Kier molecular flexibility index (Phi) is 3.30. The zero-order valence-corrected chi connectivity index (χ0v) is 8.39. The van der Waals surface area contributed by atoms with Crippen molar-refractivity contribution in [2.24, 2.45) is 0 Å². The Bertz CT molecular complexity index is 341. The van der Waals surface area contributed by atoms with E-state index in [-0.39, 0.29) is 6.04 Å². The van der Waals surface area contributed by atoms with E-state index in [4.69, 9.17) is 16.9 Å². The van der Waals surface area contributed by atoms with Gasteiger partial charge in [-0.25, -0.2) is 0 Å². The summed E-state index contributed by atoms with van der Waals surface area (Å²) in [5.41, 5.74) is 1.61. The fraction of sp³-hybridized carbons (Fsp3) is 0.300. The van der Waals surface area contributed by atoms with Crippen molar-refractivity contribution in [2.75, 3.05) is 7.05 Å². The van der Waals surface area contributed by atoms with Gasteiger partial charge in [0.2, 0.25) is 0 Å². The Labute approximate surface area is 83.1 Å². The molecule has 0 heterocycles. The Morgan fingerprint density at radius 1 is 1.54 bits per heavy atom. The highest BCUT2D eigenvalue weighted by Gasteiger charge is 2.08. The Balaban J connectivity index is 3.15. The molecule has 0 fully saturated rings. The van der Waals surface area contributed by atoms with Crippen molar-refractivity contribution < 1.29 is 0 Å². The van der Waals surface area contributed by atoms with Crippen LogP contribution in [0.15, 0.2) is 18.2 Å². The van der Waals surface area contributed by atoms with Gasteiger partial charge in [0.1, 0.15) is 0 Å². The highest BCUT2D eigenvalue weighted by molar-refractivity contribution is 6.30. The van der Waals surface area contributed by atoms with Crippen LogP contribution in [0.2, 0.25) is 5.02 Å². The summed E-state index contributed by atoms with van der Waals surface area (Å²) in [6.07, 6.45) is 0. The van der Waals surface area contributed by atoms with E-state index < -0.39 is 0 Å². The fourth-order valence-electron chi connectivity index (χ4n) is 1.16. The van der Waals surface area contributed by atoms with Crippen molar-refractivity contribution in [1.29, 1.82) is 5.26 Å². The first-order valence-electron chi connectivity index (χ1n) is 4.06. The molecule has 1 aromatic rings. The third kappa shape index (κ3) is 2.21. The lowest BCUT2D eigenvalue weighted by Gasteiger charge is -2.11. The van der Waals surface area contributed by atoms with Crippen LogP contribution in [0.25, 0.3) is 0 Å². The zero-order valence-electron chi connectivity index (χ0n) is 7.63. The number of benzene rings is 1. The third-order valence-corrected chi connectivity index (χ3v) is 2.27. The fourth-order valence-corrected chi connectivity index (χ4v) is 1.33. The van der Waals surface area contributed by atoms with Gasteiger partial charge in [-0.15, -0.1) is 0 Å². The summed E-state index contributed by atoms with van der Waals surface area (Å²) in [5, 5.41) is 12.5. The minimum absolute atomic E-state index is 0.173. The number of halogens is 1. The molecular weight excluding hydrogens is 184 g/mol. The van der Waals surface area contributed by atoms with E-state index in [9.17, 15) is 0 Å². The normalized spacial score (nSPS) is 12.2. The summed E-state index contributed by atoms with van der Waals surface area (Å²) < 4.78 is 0. The van der Waals surface area contributed by atoms with E-state index in [1.54, 1.807) is 12.1 Å². The molecule has 0 aliphatic carbocycles. The predicted octanol–water partition coefficient (Wildman–Crippen LogP) is 2.49. The molecule has 2 nitrogen and oxygen atoms in total. The number of nitriles is 1. The van der Waals surface area contributed by atoms with Gasteiger partial charge < -0.3 is 5.32 Å². The Hall–Kier alpha value is -1.04. The largest absolute Gasteiger partial charge is 0.313 e. The van der Waals surface area contributed by atoms with Gasteiger partial charge in [-0.3, -0.25) is 0 Å². The maximum absolute atomic E-state index is 8.85. The van der Waals surface area contributed by atoms with Crippen LogP contribution < -0.4 is 5.32 Å². The monoisotopic (exact) mass is 194 g/mol. The summed E-state index contributed by atoms with van der Waals surface area (Å²) in [6.45, 7) is 2.00. The molecule has 68 valence electrons. The Morgan fingerprint density at radius 2 is 2.23 bits per heavy atom. The molecule has 1 atom stereocenters. The van der Waals surface area contributed by atoms with E-state index in [1.807, 2.05) is 20.0 Å². The number of nitrogens with one attached hydrogen (secondary N) is 1. The SMILES string of the molecule is CN[C@H](C)c1ccc(Cl)cc1C#N. The van der Waals surface area contributed by atoms with Crippen LogP contribution >= 0.6 is 11.6 Å². The van der Waals surface area contributed by atoms with E-state index in [2.05, 4.69) is 11.4 Å². The van der Waals surface area contributed by atoms with Crippen LogP contribution in [-0.2, 0) is 0 Å². The van der Waals surface area contributed by atoms with E-state index in [0.717, 1.165) is 5.56 Å². The van der Waals surface area contributed by atoms with Gasteiger partial charge in [-0.1, -0.05) is 17.7 Å². The van der Waals surface area contributed by atoms with Crippen molar-refractivity contribution >= 4 is 11.6 Å². The number of hydrogen-bond donors (Lipinski definition) is 1. The second-order valence-corrected chi connectivity index (χ2v) is 3.29. The average molecular weight is 195 g/mol. The first-order valence-corrected chi connectivity index (χ1v) is 4.43. The molecule has 0 aliphatic heterocycles. The summed E-state index contributed by atoms with van der Waals surface area (Å²) in [7, 11) is 1.86. The van der Waals surface area contributed by atoms with Gasteiger partial charge in [0.05, 0.1) is 11.6 Å². The molecule has 1 N–H and O–H groups in total. The molecule has 0 aliphatic rings. The van der Waals surface area contributed by atoms with Gasteiger partial charge in [0.25, 0.3) is 0 Å². The second-order valence-electron chi connectivity index (χ2n) is 2.85. The number of rotatable bonds is 2. The van der Waals surface area contributed by atoms with Crippen molar-refractivity contribution in [1.82, 2.24) is 5.32 Å². The lowest BCUT2D eigenvalue weighted by molar-refractivity contribution is 0.651. The quantitative estimate of drug-likeness (QED) is 0.785. The smallest absolute Gasteiger partial charge is 0.0995 e. The molecule has 0 spiro atoms. The third-order valence-electron chi connectivity index (χ3n) is 2.04. The first kappa shape index (κ1) is 10.0. The van der Waals surface area contributed by atoms with Crippen molar-refractivity contribution in [3.63, 3.8) is 0 Å². The number of nitrogens with zero attached hydrogens (tertiary/aromatic N) is 1. The molecule has 1 aromatic carbocycles. The van der Waals surface area contributed by atoms with Crippen LogP contribution in [-0.4, -0.2) is 7.05 Å². The molecule has 3 heteroatoms. The lowest BCUT2D eigenvalue weighted by atomic mass is 10.0. The topological polar surface area (TPSA) is 35.8 Å². The van der Waals surface area contributed by atoms with Crippen LogP contribution in [0.5, 0.6) is 0 Å². The van der Waals surface area contributed by atoms with Crippen LogP contribution in [0, 0.1) is 11.3 Å². The molecule has 0 unspecified atom stereocenters. The highest BCUT2D eigenvalue weighted by atomic mass is 35.5. The predicted molar refractivity (Wildman–Crippen MR) is 53.6 cm³/mol. The molecule has 0 saturated heterocycles. The summed E-state index contributed by atoms with van der Waals surface area (Å²) in [4.78, 5) is 0. The van der Waals surface area contributed by atoms with Crippen molar-refractivity contribution in [3.8, 4) is 6.07 Å². The standard InChI is InChI=1S/C10H11ClN2/c1-7(13-2)10-4-3-9(11)5-8(10)6-12/h3-5,7,13H,1-2H3/t7-/m1/s1. The zero-order chi connectivity index (χ0) is 9.84. The van der Waals surface area contributed by atoms with Crippen LogP contribution in [0.4, 0.5) is 0 Å². The summed E-state index contributed by atoms with van der Waals surface area (Å²) in [6, 6.07) is 7.66. The average Bonchev–Trinajstić information content (AvgIpc) is 2.16. The maximum atomic E-state index is 8.85. The van der Waals surface area contributed by atoms with Gasteiger partial charge in [0.15, 0.2) is 0 Å². The highest BCUT2D eigenvalue weighted by Crippen LogP contribution is 2.20. The second kappa shape index (κ2) is 4.27. The minimum Gasteiger partial charge on any atom is -0.313 e. The molecule has 0 bridgehead atoms. The molecule has 0 aromatic heterocycles. The molecule has 0 saturated carbocycles. The van der Waals surface area contributed by atoms with Crippen LogP contribution in [0.1, 0.15) is 24.1 Å². The van der Waals surface area contributed by atoms with Gasteiger partial charge in [0, 0.05) is 11.1 Å². The Morgan fingerprint density at radius 3 is 2.77 bits per heavy atom. The van der Waals surface area contributed by atoms with E-state index in [1.165, 1.54) is 0 Å². The molecular formula is C10H11ClN2. The van der Waals surface area contributed by atoms with E-state index >= 15 is 0 Å². The minimum atomic E-state index is 0.173. The van der Waals surface area contributed by atoms with Crippen molar-refractivity contribution in [3.05, 3.63) is 34.3 Å². The lowest BCUT2D eigenvalue weighted by Crippen LogP contribution is -2.13. The summed E-state index contributed by atoms with van der Waals surface area (Å²) >= 11 is 5.77. The molecule has 0 radical (unpaired) electrons. The molecule has 0 amide bonds. The van der Waals surface area contributed by atoms with Gasteiger partial charge >= 0.3 is 0 Å². The first-order chi connectivity index (χ1) is 6.19. The summed E-state index contributed by atoms with van der Waals surface area (Å²) in [5.74, 6) is 0. The molecule has 13 heavy (non-hydrogen) atoms. The molecule has 1 rings (SSSR count). The maximum Gasteiger partial charge on any atom is 0.0995 e. The van der Waals surface area contributed by atoms with Gasteiger partial charge in [-0.05, 0) is 31.7 Å².